The maximum absolute atomic E-state index is 7.55. The first kappa shape index (κ1) is 18.9. The summed E-state index contributed by atoms with van der Waals surface area (Å²) < 4.78 is 16.2. The van der Waals surface area contributed by atoms with Crippen molar-refractivity contribution in [2.24, 2.45) is 0 Å². The highest BCUT2D eigenvalue weighted by atomic mass is 16.5. The van der Waals surface area contributed by atoms with Crippen LogP contribution in [0.2, 0.25) is 0 Å². The summed E-state index contributed by atoms with van der Waals surface area (Å²) in [5.41, 5.74) is 15.6. The van der Waals surface area contributed by atoms with Gasteiger partial charge in [-0.25, -0.2) is 9.83 Å². The lowest BCUT2D eigenvalue weighted by atomic mass is 10.00. The van der Waals surface area contributed by atoms with Crippen molar-refractivity contribution in [2.45, 2.75) is 0 Å². The maximum Gasteiger partial charge on any atom is 0.235 e. The number of nitrogen functional groups attached to an aromatic ring is 2. The molecule has 0 spiro atoms. The standard InChI is InChI=1S/C21H20N4O3/c1-24-19-15(13-9-17(26-2)20(28-4)18(10-13)27-3)11-16(25-21(19)23)12-5-7-14(22)8-6-12/h5-11H,22H2,2-4H3,(H2,23,25). The molecular formula is C21H20N4O3. The Morgan fingerprint density at radius 1 is 0.857 bits per heavy atom. The van der Waals surface area contributed by atoms with Gasteiger partial charge in [-0.3, -0.25) is 0 Å². The number of methoxy groups -OCH3 is 3. The van der Waals surface area contributed by atoms with Crippen molar-refractivity contribution >= 4 is 17.2 Å². The second-order valence-corrected chi connectivity index (χ2v) is 5.94. The molecule has 0 unspecified atom stereocenters. The highest BCUT2D eigenvalue weighted by Crippen LogP contribution is 2.45. The van der Waals surface area contributed by atoms with Crippen molar-refractivity contribution in [3.63, 3.8) is 0 Å². The summed E-state index contributed by atoms with van der Waals surface area (Å²) >= 11 is 0. The first-order chi connectivity index (χ1) is 13.5. The van der Waals surface area contributed by atoms with E-state index in [0.717, 1.165) is 5.56 Å². The van der Waals surface area contributed by atoms with Crippen LogP contribution in [0.3, 0.4) is 0 Å². The smallest absolute Gasteiger partial charge is 0.235 e. The topological polar surface area (TPSA) is 97.0 Å². The molecule has 0 fully saturated rings. The van der Waals surface area contributed by atoms with Crippen LogP contribution in [0.4, 0.5) is 17.2 Å². The summed E-state index contributed by atoms with van der Waals surface area (Å²) in [4.78, 5) is 7.96. The molecule has 2 aromatic carbocycles. The Balaban J connectivity index is 2.26. The van der Waals surface area contributed by atoms with E-state index in [1.54, 1.807) is 24.3 Å². The van der Waals surface area contributed by atoms with E-state index in [0.29, 0.717) is 39.8 Å². The van der Waals surface area contributed by atoms with E-state index in [2.05, 4.69) is 9.83 Å². The molecule has 3 rings (SSSR count). The van der Waals surface area contributed by atoms with Gasteiger partial charge in [-0.05, 0) is 41.5 Å². The maximum atomic E-state index is 7.55. The molecular weight excluding hydrogens is 356 g/mol. The molecule has 1 aromatic heterocycles. The average molecular weight is 376 g/mol. The van der Waals surface area contributed by atoms with Gasteiger partial charge in [-0.1, -0.05) is 12.1 Å². The summed E-state index contributed by atoms with van der Waals surface area (Å²) in [5, 5.41) is 0. The second-order valence-electron chi connectivity index (χ2n) is 5.94. The highest BCUT2D eigenvalue weighted by molar-refractivity contribution is 5.89. The molecule has 3 aromatic rings. The quantitative estimate of drug-likeness (QED) is 0.513. The SMILES string of the molecule is [C-]#[N+]c1c(-c2cc(OC)c(OC)c(OC)c2)cc(-c2ccc(N)cc2)nc1N. The van der Waals surface area contributed by atoms with Crippen molar-refractivity contribution < 1.29 is 14.2 Å². The summed E-state index contributed by atoms with van der Waals surface area (Å²) in [7, 11) is 4.61. The van der Waals surface area contributed by atoms with Crippen molar-refractivity contribution in [3.05, 3.63) is 53.9 Å². The molecule has 28 heavy (non-hydrogen) atoms. The zero-order chi connectivity index (χ0) is 20.3. The number of nitrogens with two attached hydrogens (primary N) is 2. The lowest BCUT2D eigenvalue weighted by Gasteiger charge is -2.16. The summed E-state index contributed by atoms with van der Waals surface area (Å²) in [6.07, 6.45) is 0. The third-order valence-electron chi connectivity index (χ3n) is 4.31. The Morgan fingerprint density at radius 2 is 1.46 bits per heavy atom. The molecule has 4 N–H and O–H groups in total. The number of nitrogens with zero attached hydrogens (tertiary/aromatic N) is 2. The van der Waals surface area contributed by atoms with Crippen molar-refractivity contribution in [2.75, 3.05) is 32.8 Å². The van der Waals surface area contributed by atoms with Gasteiger partial charge in [0.15, 0.2) is 11.5 Å². The fourth-order valence-corrected chi connectivity index (χ4v) is 2.93. The monoisotopic (exact) mass is 376 g/mol. The third kappa shape index (κ3) is 3.35. The Morgan fingerprint density at radius 3 is 1.96 bits per heavy atom. The van der Waals surface area contributed by atoms with Crippen LogP contribution in [-0.4, -0.2) is 26.3 Å². The molecule has 0 amide bonds. The van der Waals surface area contributed by atoms with E-state index in [1.807, 2.05) is 18.2 Å². The van der Waals surface area contributed by atoms with Gasteiger partial charge in [-0.15, -0.1) is 0 Å². The predicted molar refractivity (Wildman–Crippen MR) is 110 cm³/mol. The van der Waals surface area contributed by atoms with E-state index in [4.69, 9.17) is 32.3 Å². The number of aromatic nitrogens is 1. The molecule has 0 aliphatic carbocycles. The number of rotatable bonds is 5. The van der Waals surface area contributed by atoms with Gasteiger partial charge >= 0.3 is 0 Å². The average Bonchev–Trinajstić information content (AvgIpc) is 2.72. The van der Waals surface area contributed by atoms with Gasteiger partial charge in [-0.2, -0.15) is 0 Å². The Hall–Kier alpha value is -3.92. The number of ether oxygens (including phenoxy) is 3. The van der Waals surface area contributed by atoms with Crippen LogP contribution in [0.1, 0.15) is 0 Å². The van der Waals surface area contributed by atoms with E-state index in [9.17, 15) is 0 Å². The minimum Gasteiger partial charge on any atom is -0.493 e. The molecule has 0 saturated carbocycles. The van der Waals surface area contributed by atoms with E-state index < -0.39 is 0 Å². The van der Waals surface area contributed by atoms with E-state index in [1.165, 1.54) is 21.3 Å². The molecule has 7 heteroatoms. The number of anilines is 2. The Kier molecular flexibility index (Phi) is 5.23. The number of pyridine rings is 1. The van der Waals surface area contributed by atoms with Gasteiger partial charge in [0, 0.05) is 11.3 Å². The highest BCUT2D eigenvalue weighted by Gasteiger charge is 2.19. The molecule has 1 heterocycles. The van der Waals surface area contributed by atoms with E-state index in [-0.39, 0.29) is 11.5 Å². The van der Waals surface area contributed by atoms with Crippen LogP contribution in [0.15, 0.2) is 42.5 Å². The fraction of sp³-hybridized carbons (Fsp3) is 0.143. The lowest BCUT2D eigenvalue weighted by Crippen LogP contribution is -1.98. The van der Waals surface area contributed by atoms with Gasteiger partial charge in [0.1, 0.15) is 5.82 Å². The van der Waals surface area contributed by atoms with Crippen LogP contribution < -0.4 is 25.7 Å². The van der Waals surface area contributed by atoms with Gasteiger partial charge in [0.2, 0.25) is 11.4 Å². The third-order valence-corrected chi connectivity index (χ3v) is 4.31. The molecule has 0 aliphatic rings. The summed E-state index contributed by atoms with van der Waals surface area (Å²) in [5.74, 6) is 1.58. The minimum absolute atomic E-state index is 0.146. The van der Waals surface area contributed by atoms with Crippen molar-refractivity contribution in [1.82, 2.24) is 4.98 Å². The van der Waals surface area contributed by atoms with Gasteiger partial charge in [0.05, 0.1) is 33.6 Å². The first-order valence-electron chi connectivity index (χ1n) is 8.36. The fourth-order valence-electron chi connectivity index (χ4n) is 2.93. The predicted octanol–water partition coefficient (Wildman–Crippen LogP) is 4.16. The van der Waals surface area contributed by atoms with Crippen LogP contribution in [-0.2, 0) is 0 Å². The number of benzene rings is 2. The van der Waals surface area contributed by atoms with Crippen molar-refractivity contribution in [3.8, 4) is 39.6 Å². The number of hydrogen-bond acceptors (Lipinski definition) is 6. The zero-order valence-corrected chi connectivity index (χ0v) is 15.8. The molecule has 7 nitrogen and oxygen atoms in total. The first-order valence-corrected chi connectivity index (χ1v) is 8.36. The van der Waals surface area contributed by atoms with Crippen LogP contribution in [0.25, 0.3) is 27.2 Å². The van der Waals surface area contributed by atoms with Crippen LogP contribution in [0, 0.1) is 6.57 Å². The Labute approximate surface area is 163 Å². The Bertz CT molecular complexity index is 1030. The van der Waals surface area contributed by atoms with E-state index >= 15 is 0 Å². The van der Waals surface area contributed by atoms with Crippen LogP contribution >= 0.6 is 0 Å². The summed E-state index contributed by atoms with van der Waals surface area (Å²) in [6, 6.07) is 12.6. The minimum atomic E-state index is 0.146. The van der Waals surface area contributed by atoms with Gasteiger partial charge in [0.25, 0.3) is 0 Å². The molecule has 0 radical (unpaired) electrons. The van der Waals surface area contributed by atoms with Gasteiger partial charge < -0.3 is 25.7 Å². The lowest BCUT2D eigenvalue weighted by molar-refractivity contribution is 0.324. The molecule has 0 aliphatic heterocycles. The number of hydrogen-bond donors (Lipinski definition) is 2. The van der Waals surface area contributed by atoms with Crippen LogP contribution in [0.5, 0.6) is 17.2 Å². The molecule has 0 bridgehead atoms. The molecule has 0 saturated heterocycles. The molecule has 0 atom stereocenters. The van der Waals surface area contributed by atoms with Crippen molar-refractivity contribution in [1.29, 1.82) is 0 Å². The second kappa shape index (κ2) is 7.76. The molecule has 142 valence electrons. The normalized spacial score (nSPS) is 10.2. The largest absolute Gasteiger partial charge is 0.493 e. The zero-order valence-electron chi connectivity index (χ0n) is 15.8. The summed E-state index contributed by atoms with van der Waals surface area (Å²) in [6.45, 7) is 7.55.